The first-order chi connectivity index (χ1) is 9.50. The molecule has 1 aromatic carbocycles. The molecule has 0 unspecified atom stereocenters. The van der Waals surface area contributed by atoms with E-state index in [9.17, 15) is 16.8 Å². The number of nitrogen functional groups attached to an aromatic ring is 1. The highest BCUT2D eigenvalue weighted by atomic mass is 32.2. The van der Waals surface area contributed by atoms with Gasteiger partial charge in [0.05, 0.1) is 10.6 Å². The van der Waals surface area contributed by atoms with Gasteiger partial charge < -0.3 is 5.73 Å². The molecule has 0 heterocycles. The van der Waals surface area contributed by atoms with E-state index in [1.165, 1.54) is 16.4 Å². The fourth-order valence-electron chi connectivity index (χ4n) is 1.91. The number of rotatable bonds is 6. The van der Waals surface area contributed by atoms with E-state index < -0.39 is 19.9 Å². The molecule has 0 radical (unpaired) electrons. The van der Waals surface area contributed by atoms with Crippen molar-refractivity contribution in [2.45, 2.75) is 30.6 Å². The van der Waals surface area contributed by atoms with Gasteiger partial charge in [0.25, 0.3) is 0 Å². The predicted octanol–water partition coefficient (Wildman–Crippen LogP) is 1.34. The third-order valence-corrected chi connectivity index (χ3v) is 6.06. The number of hydrogen-bond acceptors (Lipinski definition) is 5. The maximum Gasteiger partial charge on any atom is 0.245 e. The number of nitrogens with zero attached hydrogens (tertiary/aromatic N) is 1. The molecular weight excluding hydrogens is 312 g/mol. The Kier molecular flexibility index (Phi) is 5.40. The van der Waals surface area contributed by atoms with Crippen LogP contribution >= 0.6 is 0 Å². The Hall–Kier alpha value is -1.12. The summed E-state index contributed by atoms with van der Waals surface area (Å²) in [6, 6.07) is 3.75. The van der Waals surface area contributed by atoms with Crippen LogP contribution in [-0.2, 0) is 19.9 Å². The van der Waals surface area contributed by atoms with Crippen molar-refractivity contribution in [3.05, 3.63) is 18.2 Å². The number of sulfonamides is 1. The summed E-state index contributed by atoms with van der Waals surface area (Å²) >= 11 is 0. The lowest BCUT2D eigenvalue weighted by atomic mass is 10.2. The molecule has 0 aliphatic heterocycles. The largest absolute Gasteiger partial charge is 0.398 e. The second-order valence-corrected chi connectivity index (χ2v) is 9.24. The second-order valence-electron chi connectivity index (χ2n) is 5.32. The van der Waals surface area contributed by atoms with E-state index in [1.54, 1.807) is 6.92 Å². The molecule has 8 heteroatoms. The average Bonchev–Trinajstić information content (AvgIpc) is 2.34. The summed E-state index contributed by atoms with van der Waals surface area (Å²) in [5.74, 6) is 0.152. The number of sulfone groups is 1. The van der Waals surface area contributed by atoms with Crippen LogP contribution in [-0.4, -0.2) is 40.5 Å². The van der Waals surface area contributed by atoms with Gasteiger partial charge in [-0.25, -0.2) is 16.8 Å². The van der Waals surface area contributed by atoms with Crippen molar-refractivity contribution in [1.29, 1.82) is 0 Å². The lowest BCUT2D eigenvalue weighted by molar-refractivity contribution is 0.381. The van der Waals surface area contributed by atoms with E-state index in [0.717, 1.165) is 12.3 Å². The monoisotopic (exact) mass is 334 g/mol. The Morgan fingerprint density at radius 2 is 1.76 bits per heavy atom. The summed E-state index contributed by atoms with van der Waals surface area (Å²) in [6.45, 7) is 6.20. The summed E-state index contributed by atoms with van der Waals surface area (Å²) in [6.07, 6.45) is 1.03. The topological polar surface area (TPSA) is 97.5 Å². The number of nitrogens with two attached hydrogens (primary N) is 1. The van der Waals surface area contributed by atoms with Gasteiger partial charge in [-0.3, -0.25) is 0 Å². The van der Waals surface area contributed by atoms with Crippen molar-refractivity contribution in [2.75, 3.05) is 25.1 Å². The quantitative estimate of drug-likeness (QED) is 0.792. The van der Waals surface area contributed by atoms with Crippen LogP contribution in [0.1, 0.15) is 20.8 Å². The fraction of sp³-hybridized carbons (Fsp3) is 0.538. The van der Waals surface area contributed by atoms with Crippen LogP contribution in [0.25, 0.3) is 0 Å². The van der Waals surface area contributed by atoms with Gasteiger partial charge in [-0.1, -0.05) is 20.8 Å². The molecule has 0 fully saturated rings. The van der Waals surface area contributed by atoms with Gasteiger partial charge in [-0.15, -0.1) is 0 Å². The molecule has 0 aliphatic rings. The summed E-state index contributed by atoms with van der Waals surface area (Å²) in [7, 11) is -7.31. The average molecular weight is 334 g/mol. The molecular formula is C13H22N2O4S2. The molecule has 0 bridgehead atoms. The van der Waals surface area contributed by atoms with E-state index in [4.69, 9.17) is 5.73 Å². The predicted molar refractivity (Wildman–Crippen MR) is 83.2 cm³/mol. The van der Waals surface area contributed by atoms with Crippen LogP contribution in [0.5, 0.6) is 0 Å². The number of hydrogen-bond donors (Lipinski definition) is 1. The highest BCUT2D eigenvalue weighted by Gasteiger charge is 2.27. The zero-order chi connectivity index (χ0) is 16.4. The van der Waals surface area contributed by atoms with E-state index in [2.05, 4.69) is 0 Å². The van der Waals surface area contributed by atoms with E-state index in [1.807, 2.05) is 13.8 Å². The Balaban J connectivity index is 3.43. The molecule has 6 nitrogen and oxygen atoms in total. The molecule has 21 heavy (non-hydrogen) atoms. The molecule has 1 rings (SSSR count). The Labute approximate surface area is 126 Å². The van der Waals surface area contributed by atoms with Gasteiger partial charge >= 0.3 is 0 Å². The fourth-order valence-corrected chi connectivity index (χ4v) is 4.39. The Morgan fingerprint density at radius 3 is 2.19 bits per heavy atom. The van der Waals surface area contributed by atoms with Gasteiger partial charge in [0, 0.05) is 19.3 Å². The van der Waals surface area contributed by atoms with Gasteiger partial charge in [0.15, 0.2) is 9.84 Å². The lowest BCUT2D eigenvalue weighted by Gasteiger charge is -2.23. The molecule has 2 N–H and O–H groups in total. The van der Waals surface area contributed by atoms with E-state index in [0.29, 0.717) is 13.1 Å². The molecule has 0 saturated carbocycles. The summed E-state index contributed by atoms with van der Waals surface area (Å²) in [5.41, 5.74) is 5.79. The maximum absolute atomic E-state index is 12.7. The first-order valence-electron chi connectivity index (χ1n) is 6.59. The van der Waals surface area contributed by atoms with Crippen molar-refractivity contribution in [3.63, 3.8) is 0 Å². The first kappa shape index (κ1) is 17.9. The normalized spacial score (nSPS) is 13.0. The van der Waals surface area contributed by atoms with E-state index >= 15 is 0 Å². The molecule has 0 aliphatic carbocycles. The molecule has 0 saturated heterocycles. The van der Waals surface area contributed by atoms with Gasteiger partial charge in [0.2, 0.25) is 10.0 Å². The van der Waals surface area contributed by atoms with E-state index in [-0.39, 0.29) is 21.4 Å². The smallest absolute Gasteiger partial charge is 0.245 e. The third-order valence-electron chi connectivity index (χ3n) is 2.95. The molecule has 120 valence electrons. The van der Waals surface area contributed by atoms with Crippen LogP contribution in [0.4, 0.5) is 5.69 Å². The van der Waals surface area contributed by atoms with Gasteiger partial charge in [-0.05, 0) is 24.1 Å². The Bertz CT molecular complexity index is 710. The minimum absolute atomic E-state index is 0.0459. The summed E-state index contributed by atoms with van der Waals surface area (Å²) < 4.78 is 49.8. The zero-order valence-corrected chi connectivity index (χ0v) is 14.3. The maximum atomic E-state index is 12.7. The summed E-state index contributed by atoms with van der Waals surface area (Å²) in [5, 5.41) is 0. The highest BCUT2D eigenvalue weighted by molar-refractivity contribution is 7.91. The SMILES string of the molecule is CCN(CC(C)C)S(=O)(=O)c1cc(S(C)(=O)=O)ccc1N. The zero-order valence-electron chi connectivity index (χ0n) is 12.7. The van der Waals surface area contributed by atoms with Crippen LogP contribution in [0.2, 0.25) is 0 Å². The second kappa shape index (κ2) is 6.33. The van der Waals surface area contributed by atoms with Crippen molar-refractivity contribution in [3.8, 4) is 0 Å². The third kappa shape index (κ3) is 4.18. The Morgan fingerprint density at radius 1 is 1.19 bits per heavy atom. The van der Waals surface area contributed by atoms with Crippen molar-refractivity contribution in [2.24, 2.45) is 5.92 Å². The van der Waals surface area contributed by atoms with Crippen LogP contribution in [0, 0.1) is 5.92 Å². The first-order valence-corrected chi connectivity index (χ1v) is 9.93. The minimum Gasteiger partial charge on any atom is -0.398 e. The standard InChI is InChI=1S/C13H22N2O4S2/c1-5-15(9-10(2)3)21(18,19)13-8-11(20(4,16)17)6-7-12(13)14/h6-8,10H,5,9,14H2,1-4H3. The van der Waals surface area contributed by atoms with Crippen molar-refractivity contribution >= 4 is 25.5 Å². The number of benzene rings is 1. The highest BCUT2D eigenvalue weighted by Crippen LogP contribution is 2.26. The molecule has 0 aromatic heterocycles. The van der Waals surface area contributed by atoms with Gasteiger partial charge in [0.1, 0.15) is 4.90 Å². The van der Waals surface area contributed by atoms with Crippen LogP contribution in [0.15, 0.2) is 28.0 Å². The van der Waals surface area contributed by atoms with Crippen molar-refractivity contribution < 1.29 is 16.8 Å². The minimum atomic E-state index is -3.82. The van der Waals surface area contributed by atoms with Crippen molar-refractivity contribution in [1.82, 2.24) is 4.31 Å². The van der Waals surface area contributed by atoms with Crippen LogP contribution in [0.3, 0.4) is 0 Å². The molecule has 0 spiro atoms. The summed E-state index contributed by atoms with van der Waals surface area (Å²) in [4.78, 5) is -0.219. The van der Waals surface area contributed by atoms with Crippen LogP contribution < -0.4 is 5.73 Å². The van der Waals surface area contributed by atoms with Gasteiger partial charge in [-0.2, -0.15) is 4.31 Å². The number of anilines is 1. The molecule has 0 atom stereocenters. The molecule has 1 aromatic rings. The molecule has 0 amide bonds. The lowest BCUT2D eigenvalue weighted by Crippen LogP contribution is -2.34.